The number of nitrogens with zero attached hydrogens (tertiary/aromatic N) is 1. The van der Waals surface area contributed by atoms with Crippen LogP contribution in [0.15, 0.2) is 78.9 Å². The third-order valence-corrected chi connectivity index (χ3v) is 5.22. The van der Waals surface area contributed by atoms with Gasteiger partial charge in [-0.15, -0.1) is 0 Å². The molecule has 0 aliphatic rings. The van der Waals surface area contributed by atoms with Crippen LogP contribution < -0.4 is 4.90 Å². The normalized spacial score (nSPS) is 11.2. The van der Waals surface area contributed by atoms with Gasteiger partial charge in [-0.25, -0.2) is 0 Å². The Labute approximate surface area is 155 Å². The largest absolute Gasteiger partial charge is 0.378 e. The van der Waals surface area contributed by atoms with Gasteiger partial charge in [0.25, 0.3) is 0 Å². The van der Waals surface area contributed by atoms with Gasteiger partial charge in [0, 0.05) is 19.8 Å². The lowest BCUT2D eigenvalue weighted by Gasteiger charge is -2.13. The van der Waals surface area contributed by atoms with Gasteiger partial charge < -0.3 is 4.90 Å². The van der Waals surface area contributed by atoms with E-state index in [0.29, 0.717) is 0 Å². The van der Waals surface area contributed by atoms with E-state index in [-0.39, 0.29) is 0 Å². The maximum Gasteiger partial charge on any atom is 0.0361 e. The van der Waals surface area contributed by atoms with Gasteiger partial charge in [-0.05, 0) is 64.1 Å². The van der Waals surface area contributed by atoms with Crippen molar-refractivity contribution < 1.29 is 0 Å². The van der Waals surface area contributed by atoms with E-state index in [2.05, 4.69) is 97.9 Å². The van der Waals surface area contributed by atoms with Gasteiger partial charge in [-0.1, -0.05) is 66.7 Å². The van der Waals surface area contributed by atoms with E-state index >= 15 is 0 Å². The second kappa shape index (κ2) is 7.21. The number of hydrogen-bond donors (Lipinski definition) is 0. The molecule has 1 heteroatoms. The molecule has 1 nitrogen and oxygen atoms in total. The number of fused-ring (bicyclic) bond motifs is 3. The highest BCUT2D eigenvalue weighted by Gasteiger charge is 2.06. The summed E-state index contributed by atoms with van der Waals surface area (Å²) in [5.74, 6) is 0. The summed E-state index contributed by atoms with van der Waals surface area (Å²) in [5.41, 5.74) is 4.14. The molecule has 0 saturated heterocycles. The van der Waals surface area contributed by atoms with Crippen molar-refractivity contribution in [3.63, 3.8) is 0 Å². The molecule has 130 valence electrons. The van der Waals surface area contributed by atoms with Gasteiger partial charge in [0.1, 0.15) is 0 Å². The maximum absolute atomic E-state index is 2.38. The predicted molar refractivity (Wildman–Crippen MR) is 114 cm³/mol. The summed E-state index contributed by atoms with van der Waals surface area (Å²) in [7, 11) is 4.17. The van der Waals surface area contributed by atoms with Crippen molar-refractivity contribution >= 4 is 27.2 Å². The summed E-state index contributed by atoms with van der Waals surface area (Å²) in [6, 6.07) is 28.9. The minimum absolute atomic E-state index is 1.11. The van der Waals surface area contributed by atoms with E-state index in [1.54, 1.807) is 0 Å². The van der Waals surface area contributed by atoms with Crippen molar-refractivity contribution in [2.45, 2.75) is 19.3 Å². The van der Waals surface area contributed by atoms with Crippen LogP contribution in [0, 0.1) is 0 Å². The molecule has 0 spiro atoms. The van der Waals surface area contributed by atoms with Crippen molar-refractivity contribution in [1.82, 2.24) is 0 Å². The topological polar surface area (TPSA) is 3.24 Å². The van der Waals surface area contributed by atoms with E-state index in [4.69, 9.17) is 0 Å². The Morgan fingerprint density at radius 2 is 1.31 bits per heavy atom. The summed E-state index contributed by atoms with van der Waals surface area (Å²) in [6.07, 6.45) is 3.40. The number of aryl methyl sites for hydroxylation is 2. The molecule has 0 aliphatic carbocycles. The zero-order valence-corrected chi connectivity index (χ0v) is 15.6. The zero-order valence-electron chi connectivity index (χ0n) is 15.6. The lowest BCUT2D eigenvalue weighted by molar-refractivity contribution is 0.825. The molecule has 0 aliphatic heterocycles. The van der Waals surface area contributed by atoms with Crippen molar-refractivity contribution in [2.75, 3.05) is 19.0 Å². The SMILES string of the molecule is CN(C)c1ccc(CCCc2cc3ccccc3c3ccccc23)cc1. The lowest BCUT2D eigenvalue weighted by atomic mass is 9.94. The monoisotopic (exact) mass is 339 g/mol. The fourth-order valence-corrected chi connectivity index (χ4v) is 3.78. The number of benzene rings is 4. The fourth-order valence-electron chi connectivity index (χ4n) is 3.78. The summed E-state index contributed by atoms with van der Waals surface area (Å²) in [6.45, 7) is 0. The van der Waals surface area contributed by atoms with Crippen molar-refractivity contribution in [3.05, 3.63) is 90.0 Å². The highest BCUT2D eigenvalue weighted by atomic mass is 15.1. The van der Waals surface area contributed by atoms with Crippen molar-refractivity contribution in [1.29, 1.82) is 0 Å². The van der Waals surface area contributed by atoms with Gasteiger partial charge in [-0.2, -0.15) is 0 Å². The van der Waals surface area contributed by atoms with Crippen molar-refractivity contribution in [3.8, 4) is 0 Å². The summed E-state index contributed by atoms with van der Waals surface area (Å²) >= 11 is 0. The van der Waals surface area contributed by atoms with E-state index < -0.39 is 0 Å². The average Bonchev–Trinajstić information content (AvgIpc) is 2.68. The minimum atomic E-state index is 1.11. The van der Waals surface area contributed by atoms with Crippen LogP contribution >= 0.6 is 0 Å². The van der Waals surface area contributed by atoms with Crippen LogP contribution in [-0.2, 0) is 12.8 Å². The molecule has 0 aromatic heterocycles. The first-order valence-electron chi connectivity index (χ1n) is 9.38. The Morgan fingerprint density at radius 3 is 2.04 bits per heavy atom. The van der Waals surface area contributed by atoms with Crippen LogP contribution in [0.2, 0.25) is 0 Å². The maximum atomic E-state index is 2.38. The molecular formula is C25H25N. The average molecular weight is 339 g/mol. The van der Waals surface area contributed by atoms with E-state index in [0.717, 1.165) is 12.8 Å². The smallest absolute Gasteiger partial charge is 0.0361 e. The van der Waals surface area contributed by atoms with Gasteiger partial charge >= 0.3 is 0 Å². The lowest BCUT2D eigenvalue weighted by Crippen LogP contribution is -2.08. The number of rotatable bonds is 5. The minimum Gasteiger partial charge on any atom is -0.378 e. The molecule has 0 heterocycles. The molecule has 26 heavy (non-hydrogen) atoms. The quantitative estimate of drug-likeness (QED) is 0.389. The number of anilines is 1. The Kier molecular flexibility index (Phi) is 4.62. The van der Waals surface area contributed by atoms with Crippen LogP contribution in [-0.4, -0.2) is 14.1 Å². The van der Waals surface area contributed by atoms with Crippen LogP contribution in [0.25, 0.3) is 21.5 Å². The molecule has 0 saturated carbocycles. The second-order valence-electron chi connectivity index (χ2n) is 7.22. The Bertz CT molecular complexity index is 1030. The Hall–Kier alpha value is -2.80. The predicted octanol–water partition coefficient (Wildman–Crippen LogP) is 6.23. The second-order valence-corrected chi connectivity index (χ2v) is 7.22. The molecule has 4 aromatic rings. The first-order valence-corrected chi connectivity index (χ1v) is 9.38. The van der Waals surface area contributed by atoms with Crippen LogP contribution in [0.5, 0.6) is 0 Å². The molecule has 0 fully saturated rings. The van der Waals surface area contributed by atoms with Crippen LogP contribution in [0.4, 0.5) is 5.69 Å². The molecule has 4 aromatic carbocycles. The van der Waals surface area contributed by atoms with Gasteiger partial charge in [0.15, 0.2) is 0 Å². The van der Waals surface area contributed by atoms with E-state index in [1.807, 2.05) is 0 Å². The van der Waals surface area contributed by atoms with Gasteiger partial charge in [0.2, 0.25) is 0 Å². The Balaban J connectivity index is 1.56. The summed E-state index contributed by atoms with van der Waals surface area (Å²) in [5, 5.41) is 5.47. The molecule has 0 unspecified atom stereocenters. The van der Waals surface area contributed by atoms with Crippen LogP contribution in [0.3, 0.4) is 0 Å². The summed E-state index contributed by atoms with van der Waals surface area (Å²) < 4.78 is 0. The highest BCUT2D eigenvalue weighted by Crippen LogP contribution is 2.29. The summed E-state index contributed by atoms with van der Waals surface area (Å²) in [4.78, 5) is 2.14. The first kappa shape index (κ1) is 16.7. The molecule has 0 radical (unpaired) electrons. The van der Waals surface area contributed by atoms with Crippen molar-refractivity contribution in [2.24, 2.45) is 0 Å². The molecule has 0 atom stereocenters. The molecule has 0 amide bonds. The van der Waals surface area contributed by atoms with Gasteiger partial charge in [0.05, 0.1) is 0 Å². The van der Waals surface area contributed by atoms with E-state index in [1.165, 1.54) is 44.8 Å². The third kappa shape index (κ3) is 3.30. The highest BCUT2D eigenvalue weighted by molar-refractivity contribution is 6.08. The molecular weight excluding hydrogens is 314 g/mol. The zero-order chi connectivity index (χ0) is 17.9. The fraction of sp³-hybridized carbons (Fsp3) is 0.200. The standard InChI is InChI=1S/C25H25N/c1-26(2)22-16-14-19(15-17-22)8-7-10-21-18-20-9-3-4-11-23(20)25-13-6-5-12-24(21)25/h3-6,9,11-18H,7-8,10H2,1-2H3. The molecule has 4 rings (SSSR count). The first-order chi connectivity index (χ1) is 12.7. The van der Waals surface area contributed by atoms with Crippen LogP contribution in [0.1, 0.15) is 17.5 Å². The third-order valence-electron chi connectivity index (χ3n) is 5.22. The van der Waals surface area contributed by atoms with E-state index in [9.17, 15) is 0 Å². The molecule has 0 N–H and O–H groups in total. The Morgan fingerprint density at radius 1 is 0.654 bits per heavy atom. The van der Waals surface area contributed by atoms with Gasteiger partial charge in [-0.3, -0.25) is 0 Å². The number of hydrogen-bond acceptors (Lipinski definition) is 1. The molecule has 0 bridgehead atoms.